The van der Waals surface area contributed by atoms with Crippen molar-refractivity contribution in [2.24, 2.45) is 0 Å². The summed E-state index contributed by atoms with van der Waals surface area (Å²) >= 11 is 0. The summed E-state index contributed by atoms with van der Waals surface area (Å²) in [5, 5.41) is 22.0. The zero-order chi connectivity index (χ0) is 49.2. The maximum atomic E-state index is 14.0. The van der Waals surface area contributed by atoms with Gasteiger partial charge in [0.15, 0.2) is 17.7 Å². The molecule has 69 heavy (non-hydrogen) atoms. The molecule has 0 aliphatic carbocycles. The smallest absolute Gasteiger partial charge is 0.345 e. The van der Waals surface area contributed by atoms with E-state index >= 15 is 0 Å². The minimum Gasteiger partial charge on any atom is -0.422 e. The van der Waals surface area contributed by atoms with E-state index in [1.807, 2.05) is 28.8 Å². The Kier molecular flexibility index (Phi) is 15.5. The summed E-state index contributed by atoms with van der Waals surface area (Å²) in [6.45, 7) is 3.67. The highest BCUT2D eigenvalue weighted by molar-refractivity contribution is 7.85. The number of benzene rings is 4. The number of amides is 3. The number of aliphatic hydroxyl groups excluding tert-OH is 1. The van der Waals surface area contributed by atoms with E-state index in [1.165, 1.54) is 18.3 Å². The standard InChI is InChI=1S/C47H48N10O11S/c1-27-22-30(23-28(2)40(27)68-46(63)38-33-8-3-5-10-36(33)57(18-7-21-69(64,65)66)37-11-6-4-9-34(37)38)42(59)49-16-19-67-20-17-50-44(61)35(26-58)54-43(60)29-12-14-31(15-13-29)51-24-32-25-52-41-39(53-32)45(62)56-47(48)55-41/h3-6,8-15,22-23,25,35,58H,7,16-21,24,26H2,1-2H3,(H7-,48,49,50,51,52,54,55,56,59,60,61,62,64,65,66)/p+1. The number of esters is 1. The third-order valence-electron chi connectivity index (χ3n) is 10.8. The second-order valence-corrected chi connectivity index (χ2v) is 17.4. The molecule has 21 nitrogen and oxygen atoms in total. The largest absolute Gasteiger partial charge is 0.422 e. The van der Waals surface area contributed by atoms with Crippen LogP contribution >= 0.6 is 0 Å². The Labute approximate surface area is 394 Å². The number of aromatic amines is 1. The first-order chi connectivity index (χ1) is 33.1. The number of aliphatic hydroxyl groups is 1. The first-order valence-electron chi connectivity index (χ1n) is 21.6. The number of nitrogens with zero attached hydrogens (tertiary/aromatic N) is 4. The third kappa shape index (κ3) is 12.2. The fourth-order valence-corrected chi connectivity index (χ4v) is 8.10. The van der Waals surface area contributed by atoms with Gasteiger partial charge in [-0.1, -0.05) is 24.3 Å². The molecule has 358 valence electrons. The summed E-state index contributed by atoms with van der Waals surface area (Å²) in [6, 6.07) is 22.8. The molecule has 0 saturated heterocycles. The lowest BCUT2D eigenvalue weighted by Gasteiger charge is -2.16. The number of pyridine rings is 1. The van der Waals surface area contributed by atoms with Gasteiger partial charge in [-0.3, -0.25) is 28.7 Å². The van der Waals surface area contributed by atoms with Crippen LogP contribution in [0.5, 0.6) is 5.75 Å². The highest BCUT2D eigenvalue weighted by Crippen LogP contribution is 2.30. The molecule has 0 saturated carbocycles. The summed E-state index contributed by atoms with van der Waals surface area (Å²) < 4.78 is 45.7. The van der Waals surface area contributed by atoms with E-state index in [0.717, 1.165) is 0 Å². The summed E-state index contributed by atoms with van der Waals surface area (Å²) in [5.74, 6) is -2.40. The Hall–Kier alpha value is -7.92. The number of H-pyrrole nitrogens is 1. The van der Waals surface area contributed by atoms with Crippen molar-refractivity contribution in [3.8, 4) is 5.75 Å². The number of nitrogens with two attached hydrogens (primary N) is 1. The molecule has 0 aliphatic heterocycles. The fraction of sp³-hybridized carbons (Fsp3) is 0.255. The van der Waals surface area contributed by atoms with Gasteiger partial charge in [0.2, 0.25) is 22.9 Å². The van der Waals surface area contributed by atoms with Crippen LogP contribution in [0, 0.1) is 13.8 Å². The molecule has 1 atom stereocenters. The van der Waals surface area contributed by atoms with E-state index < -0.39 is 51.9 Å². The lowest BCUT2D eigenvalue weighted by Crippen LogP contribution is -2.49. The molecular formula is C47H49N10O11S+. The van der Waals surface area contributed by atoms with Crippen molar-refractivity contribution in [3.05, 3.63) is 135 Å². The maximum Gasteiger partial charge on any atom is 0.345 e. The van der Waals surface area contributed by atoms with Crippen LogP contribution in [0.25, 0.3) is 33.0 Å². The fourth-order valence-electron chi connectivity index (χ4n) is 7.60. The van der Waals surface area contributed by atoms with Gasteiger partial charge in [-0.25, -0.2) is 14.8 Å². The molecule has 4 aromatic carbocycles. The number of aryl methyl sites for hydroxylation is 3. The van der Waals surface area contributed by atoms with Gasteiger partial charge in [-0.15, -0.1) is 0 Å². The number of nitrogens with one attached hydrogen (secondary N) is 5. The van der Waals surface area contributed by atoms with Crippen molar-refractivity contribution in [1.82, 2.24) is 35.9 Å². The molecule has 3 aromatic heterocycles. The number of fused-ring (bicyclic) bond motifs is 3. The number of aromatic nitrogens is 5. The molecule has 22 heteroatoms. The number of ether oxygens (including phenoxy) is 2. The van der Waals surface area contributed by atoms with E-state index in [2.05, 4.69) is 41.2 Å². The van der Waals surface area contributed by atoms with Crippen molar-refractivity contribution < 1.29 is 51.3 Å². The van der Waals surface area contributed by atoms with Gasteiger partial charge in [0, 0.05) is 48.5 Å². The Morgan fingerprint density at radius 1 is 0.855 bits per heavy atom. The number of para-hydroxylation sites is 2. The number of hydrogen-bond donors (Lipinski definition) is 8. The number of nitrogen functional groups attached to an aromatic ring is 1. The summed E-state index contributed by atoms with van der Waals surface area (Å²) in [6.07, 6.45) is 1.61. The van der Waals surface area contributed by atoms with Gasteiger partial charge < -0.3 is 41.6 Å². The topological polar surface area (TPSA) is 311 Å². The van der Waals surface area contributed by atoms with Crippen molar-refractivity contribution >= 4 is 78.4 Å². The molecule has 7 aromatic rings. The highest BCUT2D eigenvalue weighted by Gasteiger charge is 2.27. The second-order valence-electron chi connectivity index (χ2n) is 15.8. The minimum absolute atomic E-state index is 0.0470. The van der Waals surface area contributed by atoms with E-state index in [0.29, 0.717) is 61.2 Å². The Bertz CT molecular complexity index is 3180. The SMILES string of the molecule is Cc1cc(C(=O)NCCOCCNC(=O)C(CO)NC(=O)c2ccc(NCc3cnc4nc(N)[nH]c(=O)c4n3)cc2)cc(C)c1OC(=O)c1c2ccccc2[n+](CCCS(=O)(=O)O)c2ccccc12. The van der Waals surface area contributed by atoms with Crippen molar-refractivity contribution in [2.45, 2.75) is 39.4 Å². The van der Waals surface area contributed by atoms with Crippen LogP contribution in [0.3, 0.4) is 0 Å². The second kappa shape index (κ2) is 21.8. The zero-order valence-corrected chi connectivity index (χ0v) is 38.3. The van der Waals surface area contributed by atoms with Crippen LogP contribution in [-0.2, 0) is 32.7 Å². The predicted octanol–water partition coefficient (Wildman–Crippen LogP) is 2.27. The summed E-state index contributed by atoms with van der Waals surface area (Å²) in [4.78, 5) is 79.7. The summed E-state index contributed by atoms with van der Waals surface area (Å²) in [5.41, 5.74) is 9.64. The van der Waals surface area contributed by atoms with Crippen LogP contribution in [0.1, 0.15) is 54.3 Å². The van der Waals surface area contributed by atoms with Gasteiger partial charge in [0.1, 0.15) is 11.8 Å². The molecule has 1 unspecified atom stereocenters. The van der Waals surface area contributed by atoms with Gasteiger partial charge in [0.05, 0.1) is 60.3 Å². The van der Waals surface area contributed by atoms with Crippen LogP contribution in [-0.4, -0.2) is 106 Å². The van der Waals surface area contributed by atoms with Crippen LogP contribution in [0.15, 0.2) is 95.9 Å². The molecule has 7 rings (SSSR count). The molecule has 3 heterocycles. The van der Waals surface area contributed by atoms with Gasteiger partial charge >= 0.3 is 5.97 Å². The van der Waals surface area contributed by atoms with Crippen molar-refractivity contribution in [1.29, 1.82) is 0 Å². The Morgan fingerprint density at radius 2 is 1.49 bits per heavy atom. The molecule has 9 N–H and O–H groups in total. The first kappa shape index (κ1) is 49.0. The zero-order valence-electron chi connectivity index (χ0n) is 37.4. The number of carbonyl (C=O) groups excluding carboxylic acids is 4. The first-order valence-corrected chi connectivity index (χ1v) is 23.2. The molecule has 0 bridgehead atoms. The van der Waals surface area contributed by atoms with Crippen LogP contribution in [0.4, 0.5) is 11.6 Å². The predicted molar refractivity (Wildman–Crippen MR) is 254 cm³/mol. The van der Waals surface area contributed by atoms with Gasteiger partial charge in [-0.2, -0.15) is 18.0 Å². The third-order valence-corrected chi connectivity index (χ3v) is 11.6. The van der Waals surface area contributed by atoms with E-state index in [-0.39, 0.29) is 74.4 Å². The van der Waals surface area contributed by atoms with Crippen LogP contribution in [0.2, 0.25) is 0 Å². The Balaban J connectivity index is 0.849. The van der Waals surface area contributed by atoms with E-state index in [1.54, 1.807) is 62.4 Å². The molecule has 0 fully saturated rings. The van der Waals surface area contributed by atoms with Crippen molar-refractivity contribution in [3.63, 3.8) is 0 Å². The maximum absolute atomic E-state index is 14.0. The number of rotatable bonds is 20. The lowest BCUT2D eigenvalue weighted by atomic mass is 10.0. The number of carbonyl (C=O) groups is 4. The Morgan fingerprint density at radius 3 is 2.13 bits per heavy atom. The van der Waals surface area contributed by atoms with Gasteiger partial charge in [-0.05, 0) is 73.5 Å². The monoisotopic (exact) mass is 961 g/mol. The van der Waals surface area contributed by atoms with E-state index in [4.69, 9.17) is 15.2 Å². The molecule has 3 amide bonds. The van der Waals surface area contributed by atoms with Crippen LogP contribution < -0.4 is 41.9 Å². The summed E-state index contributed by atoms with van der Waals surface area (Å²) in [7, 11) is -4.16. The molecule has 0 radical (unpaired) electrons. The molecule has 0 spiro atoms. The average Bonchev–Trinajstić information content (AvgIpc) is 3.32. The molecule has 0 aliphatic rings. The lowest BCUT2D eigenvalue weighted by molar-refractivity contribution is -0.645. The van der Waals surface area contributed by atoms with E-state index in [9.17, 15) is 42.0 Å². The normalized spacial score (nSPS) is 11.9. The number of anilines is 2. The van der Waals surface area contributed by atoms with Crippen molar-refractivity contribution in [2.75, 3.05) is 49.7 Å². The quantitative estimate of drug-likeness (QED) is 0.0136. The van der Waals surface area contributed by atoms with Gasteiger partial charge in [0.25, 0.3) is 27.5 Å². The molecular weight excluding hydrogens is 913 g/mol. The number of hydrogen-bond acceptors (Lipinski definition) is 15. The highest BCUT2D eigenvalue weighted by atomic mass is 32.2. The average molecular weight is 962 g/mol. The minimum atomic E-state index is -4.16.